The van der Waals surface area contributed by atoms with Gasteiger partial charge in [-0.25, -0.2) is 0 Å². The summed E-state index contributed by atoms with van der Waals surface area (Å²) in [6.45, 7) is 1.19. The van der Waals surface area contributed by atoms with E-state index in [9.17, 15) is 8.78 Å². The number of alkyl halides is 2. The third-order valence-corrected chi connectivity index (χ3v) is 4.57. The first-order chi connectivity index (χ1) is 10.1. The zero-order chi connectivity index (χ0) is 14.8. The van der Waals surface area contributed by atoms with Gasteiger partial charge in [-0.2, -0.15) is 8.78 Å². The summed E-state index contributed by atoms with van der Waals surface area (Å²) >= 11 is 0. The molecule has 0 radical (unpaired) electrons. The minimum absolute atomic E-state index is 0.306. The van der Waals surface area contributed by atoms with Crippen LogP contribution in [0.4, 0.5) is 8.78 Å². The number of para-hydroxylation sites is 1. The number of ether oxygens (including phenoxy) is 1. The van der Waals surface area contributed by atoms with E-state index in [2.05, 4.69) is 21.6 Å². The van der Waals surface area contributed by atoms with Crippen LogP contribution in [0.1, 0.15) is 18.4 Å². The minimum Gasteiger partial charge on any atom is -0.434 e. The quantitative estimate of drug-likeness (QED) is 0.850. The lowest BCUT2D eigenvalue weighted by molar-refractivity contribution is -0.0509. The number of rotatable bonds is 4. The molecule has 3 aliphatic heterocycles. The fourth-order valence-electron chi connectivity index (χ4n) is 3.67. The van der Waals surface area contributed by atoms with Crippen molar-refractivity contribution in [2.75, 3.05) is 26.7 Å². The molecule has 3 fully saturated rings. The van der Waals surface area contributed by atoms with Gasteiger partial charge in [0.05, 0.1) is 0 Å². The largest absolute Gasteiger partial charge is 0.434 e. The monoisotopic (exact) mass is 296 g/mol. The van der Waals surface area contributed by atoms with E-state index >= 15 is 0 Å². The number of benzene rings is 1. The average Bonchev–Trinajstić information content (AvgIpc) is 2.69. The number of piperidine rings is 1. The Morgan fingerprint density at radius 2 is 2.00 bits per heavy atom. The predicted octanol–water partition coefficient (Wildman–Crippen LogP) is 2.81. The molecule has 4 rings (SSSR count). The summed E-state index contributed by atoms with van der Waals surface area (Å²) < 4.78 is 29.7. The van der Waals surface area contributed by atoms with Crippen molar-refractivity contribution in [3.8, 4) is 5.75 Å². The SMILES string of the molecule is CN1C[C@@H]2CC[C@H](C1)N(Cc1ccccc1OC(F)F)C2. The molecule has 2 atom stereocenters. The lowest BCUT2D eigenvalue weighted by atomic mass is 9.94. The first-order valence-electron chi connectivity index (χ1n) is 7.57. The molecule has 3 aliphatic rings. The van der Waals surface area contributed by atoms with Crippen molar-refractivity contribution in [2.45, 2.75) is 32.0 Å². The smallest absolute Gasteiger partial charge is 0.387 e. The molecule has 3 saturated heterocycles. The molecule has 2 bridgehead atoms. The molecule has 21 heavy (non-hydrogen) atoms. The fourth-order valence-corrected chi connectivity index (χ4v) is 3.67. The van der Waals surface area contributed by atoms with Crippen LogP contribution in [-0.4, -0.2) is 49.1 Å². The minimum atomic E-state index is -2.77. The molecule has 3 heterocycles. The van der Waals surface area contributed by atoms with Gasteiger partial charge in [-0.1, -0.05) is 18.2 Å². The van der Waals surface area contributed by atoms with Crippen LogP contribution in [-0.2, 0) is 6.54 Å². The van der Waals surface area contributed by atoms with Crippen molar-refractivity contribution in [3.63, 3.8) is 0 Å². The van der Waals surface area contributed by atoms with Gasteiger partial charge in [0.2, 0.25) is 0 Å². The maximum Gasteiger partial charge on any atom is 0.387 e. The molecule has 0 aliphatic carbocycles. The summed E-state index contributed by atoms with van der Waals surface area (Å²) in [6.07, 6.45) is 2.48. The van der Waals surface area contributed by atoms with Crippen LogP contribution in [0, 0.1) is 5.92 Å². The van der Waals surface area contributed by atoms with Gasteiger partial charge >= 0.3 is 6.61 Å². The Morgan fingerprint density at radius 3 is 2.81 bits per heavy atom. The predicted molar refractivity (Wildman–Crippen MR) is 77.5 cm³/mol. The number of hydrogen-bond acceptors (Lipinski definition) is 3. The Hall–Kier alpha value is -1.20. The number of hydrogen-bond donors (Lipinski definition) is 0. The molecule has 0 unspecified atom stereocenters. The number of nitrogens with zero attached hydrogens (tertiary/aromatic N) is 2. The summed E-state index contributed by atoms with van der Waals surface area (Å²) in [7, 11) is 2.17. The Labute approximate surface area is 124 Å². The van der Waals surface area contributed by atoms with E-state index in [0.29, 0.717) is 24.3 Å². The van der Waals surface area contributed by atoms with Gasteiger partial charge in [0.1, 0.15) is 5.75 Å². The van der Waals surface area contributed by atoms with Gasteiger partial charge in [-0.15, -0.1) is 0 Å². The van der Waals surface area contributed by atoms with E-state index in [4.69, 9.17) is 0 Å². The lowest BCUT2D eigenvalue weighted by Crippen LogP contribution is -2.43. The highest BCUT2D eigenvalue weighted by Gasteiger charge is 2.33. The highest BCUT2D eigenvalue weighted by Crippen LogP contribution is 2.30. The Morgan fingerprint density at radius 1 is 1.19 bits per heavy atom. The lowest BCUT2D eigenvalue weighted by Gasteiger charge is -2.36. The maximum absolute atomic E-state index is 12.5. The van der Waals surface area contributed by atoms with Crippen LogP contribution in [0.2, 0.25) is 0 Å². The van der Waals surface area contributed by atoms with Gasteiger partial charge in [-0.3, -0.25) is 4.90 Å². The molecule has 0 aromatic heterocycles. The van der Waals surface area contributed by atoms with E-state index in [1.54, 1.807) is 12.1 Å². The second kappa shape index (κ2) is 6.28. The van der Waals surface area contributed by atoms with Crippen LogP contribution in [0.25, 0.3) is 0 Å². The van der Waals surface area contributed by atoms with Gasteiger partial charge in [0, 0.05) is 37.8 Å². The number of fused-ring (bicyclic) bond motifs is 4. The van der Waals surface area contributed by atoms with Crippen LogP contribution >= 0.6 is 0 Å². The first-order valence-corrected chi connectivity index (χ1v) is 7.57. The summed E-state index contributed by atoms with van der Waals surface area (Å²) in [5.74, 6) is 0.998. The summed E-state index contributed by atoms with van der Waals surface area (Å²) in [6, 6.07) is 7.66. The standard InChI is InChI=1S/C16H22F2N2O/c1-19-8-12-6-7-14(11-19)20(9-12)10-13-4-2-3-5-15(13)21-16(17)18/h2-5,12,14,16H,6-11H2,1H3/t12-,14+/m0/s1. The Kier molecular flexibility index (Phi) is 4.40. The number of halogens is 2. The molecule has 1 aromatic carbocycles. The molecular weight excluding hydrogens is 274 g/mol. The second-order valence-corrected chi connectivity index (χ2v) is 6.23. The third kappa shape index (κ3) is 3.52. The molecule has 116 valence electrons. The molecule has 5 heteroatoms. The normalized spacial score (nSPS) is 27.0. The molecule has 1 aromatic rings. The van der Waals surface area contributed by atoms with Crippen LogP contribution in [0.15, 0.2) is 24.3 Å². The third-order valence-electron chi connectivity index (χ3n) is 4.57. The van der Waals surface area contributed by atoms with E-state index in [0.717, 1.165) is 25.2 Å². The molecular formula is C16H22F2N2O. The molecule has 0 spiro atoms. The zero-order valence-electron chi connectivity index (χ0n) is 12.3. The highest BCUT2D eigenvalue weighted by molar-refractivity contribution is 5.33. The van der Waals surface area contributed by atoms with E-state index in [-0.39, 0.29) is 0 Å². The average molecular weight is 296 g/mol. The topological polar surface area (TPSA) is 15.7 Å². The van der Waals surface area contributed by atoms with Gasteiger partial charge in [0.15, 0.2) is 0 Å². The van der Waals surface area contributed by atoms with Gasteiger partial charge in [0.25, 0.3) is 0 Å². The van der Waals surface area contributed by atoms with Crippen molar-refractivity contribution in [2.24, 2.45) is 5.92 Å². The maximum atomic E-state index is 12.5. The molecule has 3 nitrogen and oxygen atoms in total. The fraction of sp³-hybridized carbons (Fsp3) is 0.625. The Bertz CT molecular complexity index is 483. The summed E-state index contributed by atoms with van der Waals surface area (Å²) in [4.78, 5) is 4.83. The Balaban J connectivity index is 1.74. The second-order valence-electron chi connectivity index (χ2n) is 6.23. The first kappa shape index (κ1) is 14.7. The molecule has 0 saturated carbocycles. The number of likely N-dealkylation sites (N-methyl/N-ethyl adjacent to an activating group) is 1. The van der Waals surface area contributed by atoms with Gasteiger partial charge < -0.3 is 9.64 Å². The zero-order valence-corrected chi connectivity index (χ0v) is 12.3. The van der Waals surface area contributed by atoms with Crippen LogP contribution < -0.4 is 4.74 Å². The van der Waals surface area contributed by atoms with Crippen LogP contribution in [0.5, 0.6) is 5.75 Å². The highest BCUT2D eigenvalue weighted by atomic mass is 19.3. The van der Waals surface area contributed by atoms with Crippen molar-refractivity contribution in [1.82, 2.24) is 9.80 Å². The van der Waals surface area contributed by atoms with Gasteiger partial charge in [-0.05, 0) is 31.9 Å². The van der Waals surface area contributed by atoms with E-state index < -0.39 is 6.61 Å². The van der Waals surface area contributed by atoms with Crippen molar-refractivity contribution >= 4 is 0 Å². The molecule has 0 amide bonds. The van der Waals surface area contributed by atoms with Crippen LogP contribution in [0.3, 0.4) is 0 Å². The van der Waals surface area contributed by atoms with E-state index in [1.165, 1.54) is 12.8 Å². The van der Waals surface area contributed by atoms with Crippen molar-refractivity contribution in [1.29, 1.82) is 0 Å². The van der Waals surface area contributed by atoms with E-state index in [1.807, 2.05) is 12.1 Å². The van der Waals surface area contributed by atoms with Crippen molar-refractivity contribution in [3.05, 3.63) is 29.8 Å². The van der Waals surface area contributed by atoms with Crippen molar-refractivity contribution < 1.29 is 13.5 Å². The summed E-state index contributed by atoms with van der Waals surface area (Å²) in [5, 5.41) is 0. The summed E-state index contributed by atoms with van der Waals surface area (Å²) in [5.41, 5.74) is 0.855. The molecule has 0 N–H and O–H groups in total.